The molecule has 0 amide bonds. The van der Waals surface area contributed by atoms with Crippen LogP contribution < -0.4 is 5.23 Å². The molecule has 0 fully saturated rings. The normalized spacial score (nSPS) is 8.21. The van der Waals surface area contributed by atoms with Crippen molar-refractivity contribution in [2.45, 2.75) is 0 Å². The Morgan fingerprint density at radius 1 is 1.21 bits per heavy atom. The predicted octanol–water partition coefficient (Wildman–Crippen LogP) is 1.78. The minimum absolute atomic E-state index is 0.0121. The molecule has 0 saturated carbocycles. The average Bonchev–Trinajstić information content (AvgIpc) is 2.26. The zero-order chi connectivity index (χ0) is 10.4. The van der Waals surface area contributed by atoms with Crippen molar-refractivity contribution >= 4 is 11.4 Å². The van der Waals surface area contributed by atoms with Crippen molar-refractivity contribution in [3.05, 3.63) is 30.3 Å². The van der Waals surface area contributed by atoms with E-state index < -0.39 is 5.71 Å². The van der Waals surface area contributed by atoms with E-state index in [9.17, 15) is 4.48 Å². The molecule has 4 nitrogen and oxygen atoms in total. The number of para-hydroxylation sites is 1. The molecule has 68 valence electrons. The SMILES string of the molecule is N#CC(C#N)=NN(F)c1ccccc1. The molecule has 0 aliphatic carbocycles. The van der Waals surface area contributed by atoms with Gasteiger partial charge in [0.1, 0.15) is 12.1 Å². The summed E-state index contributed by atoms with van der Waals surface area (Å²) in [6.07, 6.45) is 0. The molecular formula is C9H5FN4. The third-order valence-electron chi connectivity index (χ3n) is 1.37. The first-order valence-corrected chi connectivity index (χ1v) is 3.67. The van der Waals surface area contributed by atoms with Crippen LogP contribution in [0.5, 0.6) is 0 Å². The average molecular weight is 188 g/mol. The van der Waals surface area contributed by atoms with E-state index in [2.05, 4.69) is 5.10 Å². The summed E-state index contributed by atoms with van der Waals surface area (Å²) in [6.45, 7) is 0. The van der Waals surface area contributed by atoms with Gasteiger partial charge in [-0.3, -0.25) is 0 Å². The third-order valence-corrected chi connectivity index (χ3v) is 1.37. The lowest BCUT2D eigenvalue weighted by Crippen LogP contribution is -2.06. The number of nitrogens with zero attached hydrogens (tertiary/aromatic N) is 4. The molecule has 0 unspecified atom stereocenters. The van der Waals surface area contributed by atoms with Crippen LogP contribution >= 0.6 is 0 Å². The number of benzene rings is 1. The van der Waals surface area contributed by atoms with Crippen LogP contribution in [0.25, 0.3) is 0 Å². The van der Waals surface area contributed by atoms with Crippen molar-refractivity contribution in [2.75, 3.05) is 5.23 Å². The second kappa shape index (κ2) is 4.58. The first kappa shape index (κ1) is 9.69. The molecule has 5 heteroatoms. The Labute approximate surface area is 80.0 Å². The molecule has 0 aliphatic heterocycles. The molecule has 0 aliphatic rings. The fourth-order valence-electron chi connectivity index (χ4n) is 0.766. The van der Waals surface area contributed by atoms with Crippen molar-refractivity contribution in [3.8, 4) is 12.1 Å². The maximum atomic E-state index is 13.1. The molecule has 0 spiro atoms. The second-order valence-electron chi connectivity index (χ2n) is 2.27. The Morgan fingerprint density at radius 3 is 2.29 bits per heavy atom. The van der Waals surface area contributed by atoms with Gasteiger partial charge >= 0.3 is 0 Å². The number of rotatable bonds is 2. The summed E-state index contributed by atoms with van der Waals surface area (Å²) in [7, 11) is 0. The summed E-state index contributed by atoms with van der Waals surface area (Å²) < 4.78 is 13.1. The lowest BCUT2D eigenvalue weighted by molar-refractivity contribution is 0.447. The molecule has 14 heavy (non-hydrogen) atoms. The maximum absolute atomic E-state index is 13.1. The highest BCUT2D eigenvalue weighted by molar-refractivity contribution is 6.10. The van der Waals surface area contributed by atoms with Gasteiger partial charge in [0.2, 0.25) is 5.71 Å². The van der Waals surface area contributed by atoms with Gasteiger partial charge in [0, 0.05) is 0 Å². The highest BCUT2D eigenvalue weighted by atomic mass is 19.2. The molecule has 0 heterocycles. The first-order valence-electron chi connectivity index (χ1n) is 3.67. The predicted molar refractivity (Wildman–Crippen MR) is 48.7 cm³/mol. The smallest absolute Gasteiger partial charge is 0.190 e. The van der Waals surface area contributed by atoms with E-state index in [0.29, 0.717) is 0 Å². The molecular weight excluding hydrogens is 183 g/mol. The fraction of sp³-hybridized carbons (Fsp3) is 0. The van der Waals surface area contributed by atoms with Crippen LogP contribution in [-0.2, 0) is 0 Å². The summed E-state index contributed by atoms with van der Waals surface area (Å²) in [5, 5.41) is 19.8. The van der Waals surface area contributed by atoms with Gasteiger partial charge < -0.3 is 0 Å². The number of halogens is 1. The van der Waals surface area contributed by atoms with Crippen LogP contribution in [0.15, 0.2) is 35.4 Å². The highest BCUT2D eigenvalue weighted by Gasteiger charge is 2.03. The highest BCUT2D eigenvalue weighted by Crippen LogP contribution is 2.13. The van der Waals surface area contributed by atoms with E-state index >= 15 is 0 Å². The molecule has 0 bridgehead atoms. The van der Waals surface area contributed by atoms with Gasteiger partial charge in [-0.15, -0.1) is 5.10 Å². The minimum atomic E-state index is -0.531. The second-order valence-corrected chi connectivity index (χ2v) is 2.27. The van der Waals surface area contributed by atoms with Crippen LogP contribution in [-0.4, -0.2) is 5.71 Å². The lowest BCUT2D eigenvalue weighted by Gasteiger charge is -2.05. The topological polar surface area (TPSA) is 63.2 Å². The van der Waals surface area contributed by atoms with Crippen LogP contribution in [0.3, 0.4) is 0 Å². The number of nitriles is 2. The lowest BCUT2D eigenvalue weighted by atomic mass is 10.3. The van der Waals surface area contributed by atoms with E-state index in [4.69, 9.17) is 10.5 Å². The Bertz CT molecular complexity index is 397. The number of anilines is 1. The van der Waals surface area contributed by atoms with Crippen LogP contribution in [0.4, 0.5) is 10.2 Å². The Morgan fingerprint density at radius 2 is 1.79 bits per heavy atom. The summed E-state index contributed by atoms with van der Waals surface area (Å²) in [6, 6.07) is 10.8. The van der Waals surface area contributed by atoms with Gasteiger partial charge in [0.15, 0.2) is 0 Å². The number of hydrogen-bond donors (Lipinski definition) is 0. The minimum Gasteiger partial charge on any atom is -0.190 e. The van der Waals surface area contributed by atoms with Crippen molar-refractivity contribution in [1.29, 1.82) is 10.5 Å². The number of hydrogen-bond acceptors (Lipinski definition) is 4. The van der Waals surface area contributed by atoms with E-state index in [1.165, 1.54) is 24.3 Å². The van der Waals surface area contributed by atoms with Gasteiger partial charge in [-0.25, -0.2) is 0 Å². The Kier molecular flexibility index (Phi) is 3.17. The Balaban J connectivity index is 2.89. The van der Waals surface area contributed by atoms with Gasteiger partial charge in [0.25, 0.3) is 0 Å². The molecule has 1 rings (SSSR count). The van der Waals surface area contributed by atoms with Crippen LogP contribution in [0.1, 0.15) is 0 Å². The molecule has 1 aromatic carbocycles. The van der Waals surface area contributed by atoms with E-state index in [-0.39, 0.29) is 10.9 Å². The number of hydrazone groups is 1. The van der Waals surface area contributed by atoms with Gasteiger partial charge in [-0.2, -0.15) is 10.5 Å². The van der Waals surface area contributed by atoms with Crippen molar-refractivity contribution in [1.82, 2.24) is 0 Å². The van der Waals surface area contributed by atoms with E-state index in [0.717, 1.165) is 0 Å². The van der Waals surface area contributed by atoms with Crippen molar-refractivity contribution in [2.24, 2.45) is 5.10 Å². The fourth-order valence-corrected chi connectivity index (χ4v) is 0.766. The van der Waals surface area contributed by atoms with Crippen molar-refractivity contribution in [3.63, 3.8) is 0 Å². The summed E-state index contributed by atoms with van der Waals surface area (Å²) >= 11 is 0. The van der Waals surface area contributed by atoms with E-state index in [1.54, 1.807) is 18.2 Å². The van der Waals surface area contributed by atoms with Gasteiger partial charge in [0.05, 0.1) is 5.69 Å². The van der Waals surface area contributed by atoms with Crippen LogP contribution in [0.2, 0.25) is 0 Å². The van der Waals surface area contributed by atoms with Crippen LogP contribution in [0, 0.1) is 22.7 Å². The molecule has 0 aromatic heterocycles. The molecule has 0 atom stereocenters. The molecule has 1 aromatic rings. The first-order chi connectivity index (χ1) is 6.77. The largest absolute Gasteiger partial charge is 0.240 e. The third kappa shape index (κ3) is 2.29. The van der Waals surface area contributed by atoms with Gasteiger partial charge in [-0.1, -0.05) is 27.9 Å². The summed E-state index contributed by atoms with van der Waals surface area (Å²) in [4.78, 5) is 0. The molecule has 0 radical (unpaired) electrons. The van der Waals surface area contributed by atoms with E-state index in [1.807, 2.05) is 0 Å². The quantitative estimate of drug-likeness (QED) is 0.403. The standard InChI is InChI=1S/C9H5FN4/c10-14(13-8(6-11)7-12)9-4-2-1-3-5-9/h1-5H. The summed E-state index contributed by atoms with van der Waals surface area (Å²) in [5.41, 5.74) is -0.369. The zero-order valence-electron chi connectivity index (χ0n) is 7.05. The maximum Gasteiger partial charge on any atom is 0.240 e. The Hall–Kier alpha value is -2.40. The monoisotopic (exact) mass is 188 g/mol. The van der Waals surface area contributed by atoms with Gasteiger partial charge in [-0.05, 0) is 12.1 Å². The molecule has 0 N–H and O–H groups in total. The van der Waals surface area contributed by atoms with Crippen molar-refractivity contribution < 1.29 is 4.48 Å². The zero-order valence-corrected chi connectivity index (χ0v) is 7.05. The molecule has 0 saturated heterocycles. The summed E-state index contributed by atoms with van der Waals surface area (Å²) in [5.74, 6) is 0.